The van der Waals surface area contributed by atoms with Crippen LogP contribution < -0.4 is 5.32 Å². The lowest BCUT2D eigenvalue weighted by Crippen LogP contribution is -2.49. The lowest BCUT2D eigenvalue weighted by molar-refractivity contribution is -0.126. The Bertz CT molecular complexity index is 959. The summed E-state index contributed by atoms with van der Waals surface area (Å²) in [6, 6.07) is 6.87. The predicted molar refractivity (Wildman–Crippen MR) is 110 cm³/mol. The zero-order valence-corrected chi connectivity index (χ0v) is 17.6. The van der Waals surface area contributed by atoms with Crippen LogP contribution in [0, 0.1) is 12.8 Å². The summed E-state index contributed by atoms with van der Waals surface area (Å²) in [5.74, 6) is -0.353. The van der Waals surface area contributed by atoms with Gasteiger partial charge in [0, 0.05) is 30.7 Å². The van der Waals surface area contributed by atoms with Gasteiger partial charge in [-0.3, -0.25) is 9.78 Å². The summed E-state index contributed by atoms with van der Waals surface area (Å²) in [5.41, 5.74) is 1.64. The highest BCUT2D eigenvalue weighted by Gasteiger charge is 2.38. The smallest absolute Gasteiger partial charge is 0.244 e. The molecule has 2 atom stereocenters. The van der Waals surface area contributed by atoms with E-state index in [1.54, 1.807) is 30.5 Å². The zero-order valence-electron chi connectivity index (χ0n) is 16.8. The fraction of sp³-hybridized carbons (Fsp3) is 0.524. The second kappa shape index (κ2) is 8.57. The van der Waals surface area contributed by atoms with E-state index in [2.05, 4.69) is 17.2 Å². The van der Waals surface area contributed by atoms with Crippen LogP contribution in [0.25, 0.3) is 10.9 Å². The second-order valence-corrected chi connectivity index (χ2v) is 9.48. The number of nitrogens with one attached hydrogen (secondary N) is 1. The summed E-state index contributed by atoms with van der Waals surface area (Å²) in [6.45, 7) is 6.77. The number of pyridine rings is 1. The van der Waals surface area contributed by atoms with E-state index in [0.717, 1.165) is 18.4 Å². The summed E-state index contributed by atoms with van der Waals surface area (Å²) in [6.07, 6.45) is 5.00. The lowest BCUT2D eigenvalue weighted by atomic mass is 9.94. The molecule has 28 heavy (non-hydrogen) atoms. The SMILES string of the molecule is CCCCNC(=O)C1CCC(C)N(S(=O)(=O)c2ccc(C)c3ncccc23)C1. The summed E-state index contributed by atoms with van der Waals surface area (Å²) < 4.78 is 28.5. The molecule has 1 fully saturated rings. The highest BCUT2D eigenvalue weighted by Crippen LogP contribution is 2.32. The van der Waals surface area contributed by atoms with Crippen molar-refractivity contribution in [3.8, 4) is 0 Å². The normalized spacial score (nSPS) is 21.0. The Balaban J connectivity index is 1.90. The van der Waals surface area contributed by atoms with E-state index in [1.807, 2.05) is 13.8 Å². The number of rotatable bonds is 6. The van der Waals surface area contributed by atoms with Gasteiger partial charge >= 0.3 is 0 Å². The number of aromatic nitrogens is 1. The Morgan fingerprint density at radius 3 is 2.82 bits per heavy atom. The van der Waals surface area contributed by atoms with E-state index < -0.39 is 10.0 Å². The first kappa shape index (κ1) is 20.7. The lowest BCUT2D eigenvalue weighted by Gasteiger charge is -2.36. The van der Waals surface area contributed by atoms with Gasteiger partial charge in [-0.1, -0.05) is 19.4 Å². The third-order valence-electron chi connectivity index (χ3n) is 5.54. The first-order chi connectivity index (χ1) is 13.4. The number of unbranched alkanes of at least 4 members (excludes halogenated alkanes) is 1. The number of carbonyl (C=O) groups excluding carboxylic acids is 1. The van der Waals surface area contributed by atoms with Gasteiger partial charge in [-0.15, -0.1) is 0 Å². The summed E-state index contributed by atoms with van der Waals surface area (Å²) in [4.78, 5) is 17.1. The molecular formula is C21H29N3O3S. The third-order valence-corrected chi connectivity index (χ3v) is 7.58. The number of piperidine rings is 1. The predicted octanol–water partition coefficient (Wildman–Crippen LogP) is 3.25. The number of hydrogen-bond donors (Lipinski definition) is 1. The van der Waals surface area contributed by atoms with Crippen LogP contribution in [-0.2, 0) is 14.8 Å². The number of fused-ring (bicyclic) bond motifs is 1. The average molecular weight is 404 g/mol. The molecule has 6 nitrogen and oxygen atoms in total. The van der Waals surface area contributed by atoms with E-state index in [9.17, 15) is 13.2 Å². The van der Waals surface area contributed by atoms with Gasteiger partial charge < -0.3 is 5.32 Å². The van der Waals surface area contributed by atoms with Crippen LogP contribution in [0.1, 0.15) is 45.1 Å². The standard InChI is InChI=1S/C21H29N3O3S/c1-4-5-12-23-21(25)17-10-9-16(3)24(14-17)28(26,27)19-11-8-15(2)20-18(19)7-6-13-22-20/h6-8,11,13,16-17H,4-5,9-10,12,14H2,1-3H3,(H,23,25). The highest BCUT2D eigenvalue weighted by molar-refractivity contribution is 7.89. The van der Waals surface area contributed by atoms with Crippen LogP contribution in [0.15, 0.2) is 35.4 Å². The quantitative estimate of drug-likeness (QED) is 0.751. The molecule has 0 spiro atoms. The maximum Gasteiger partial charge on any atom is 0.244 e. The maximum atomic E-state index is 13.5. The van der Waals surface area contributed by atoms with Gasteiger partial charge in [0.15, 0.2) is 0 Å². The van der Waals surface area contributed by atoms with E-state index in [4.69, 9.17) is 0 Å². The van der Waals surface area contributed by atoms with Crippen LogP contribution in [0.5, 0.6) is 0 Å². The molecule has 2 heterocycles. The fourth-order valence-electron chi connectivity index (χ4n) is 3.80. The number of benzene rings is 1. The summed E-state index contributed by atoms with van der Waals surface area (Å²) in [7, 11) is -3.73. The monoisotopic (exact) mass is 403 g/mol. The molecular weight excluding hydrogens is 374 g/mol. The van der Waals surface area contributed by atoms with Crippen molar-refractivity contribution in [2.24, 2.45) is 5.92 Å². The van der Waals surface area contributed by atoms with E-state index in [0.29, 0.717) is 30.3 Å². The molecule has 0 bridgehead atoms. The van der Waals surface area contributed by atoms with Crippen molar-refractivity contribution in [1.29, 1.82) is 0 Å². The molecule has 1 aliphatic rings. The van der Waals surface area contributed by atoms with Crippen molar-refractivity contribution < 1.29 is 13.2 Å². The molecule has 0 saturated carbocycles. The first-order valence-electron chi connectivity index (χ1n) is 10.00. The molecule has 1 saturated heterocycles. The van der Waals surface area contributed by atoms with Gasteiger partial charge in [0.1, 0.15) is 0 Å². The summed E-state index contributed by atoms with van der Waals surface area (Å²) in [5, 5.41) is 3.58. The molecule has 152 valence electrons. The number of carbonyl (C=O) groups is 1. The minimum Gasteiger partial charge on any atom is -0.356 e. The van der Waals surface area contributed by atoms with Crippen molar-refractivity contribution in [3.63, 3.8) is 0 Å². The second-order valence-electron chi connectivity index (χ2n) is 7.62. The molecule has 1 aromatic carbocycles. The molecule has 7 heteroatoms. The van der Waals surface area contributed by atoms with Crippen LogP contribution in [-0.4, -0.2) is 42.7 Å². The molecule has 1 N–H and O–H groups in total. The molecule has 2 aromatic rings. The van der Waals surface area contributed by atoms with Crippen molar-refractivity contribution >= 4 is 26.8 Å². The number of nitrogens with zero attached hydrogens (tertiary/aromatic N) is 2. The maximum absolute atomic E-state index is 13.5. The number of hydrogen-bond acceptors (Lipinski definition) is 4. The van der Waals surface area contributed by atoms with Crippen molar-refractivity contribution in [2.45, 2.75) is 57.4 Å². The summed E-state index contributed by atoms with van der Waals surface area (Å²) >= 11 is 0. The molecule has 2 unspecified atom stereocenters. The minimum absolute atomic E-state index is 0.0454. The average Bonchev–Trinajstić information content (AvgIpc) is 2.68. The molecule has 1 aromatic heterocycles. The number of sulfonamides is 1. The Hall–Kier alpha value is -1.99. The Morgan fingerprint density at radius 2 is 2.07 bits per heavy atom. The third kappa shape index (κ3) is 4.05. The van der Waals surface area contributed by atoms with Gasteiger partial charge in [-0.05, 0) is 56.9 Å². The van der Waals surface area contributed by atoms with Crippen molar-refractivity contribution in [2.75, 3.05) is 13.1 Å². The largest absolute Gasteiger partial charge is 0.356 e. The van der Waals surface area contributed by atoms with Gasteiger partial charge in [0.2, 0.25) is 15.9 Å². The molecule has 1 amide bonds. The number of amides is 1. The van der Waals surface area contributed by atoms with Gasteiger partial charge in [0.05, 0.1) is 16.3 Å². The van der Waals surface area contributed by atoms with Gasteiger partial charge in [-0.2, -0.15) is 4.31 Å². The van der Waals surface area contributed by atoms with Crippen LogP contribution in [0.2, 0.25) is 0 Å². The van der Waals surface area contributed by atoms with Crippen LogP contribution >= 0.6 is 0 Å². The Morgan fingerprint density at radius 1 is 1.29 bits per heavy atom. The fourth-order valence-corrected chi connectivity index (χ4v) is 5.69. The van der Waals surface area contributed by atoms with E-state index >= 15 is 0 Å². The van der Waals surface area contributed by atoms with E-state index in [-0.39, 0.29) is 29.3 Å². The van der Waals surface area contributed by atoms with Crippen LogP contribution in [0.3, 0.4) is 0 Å². The minimum atomic E-state index is -3.73. The highest BCUT2D eigenvalue weighted by atomic mass is 32.2. The molecule has 1 aliphatic heterocycles. The van der Waals surface area contributed by atoms with Crippen LogP contribution in [0.4, 0.5) is 0 Å². The molecule has 0 radical (unpaired) electrons. The Kier molecular flexibility index (Phi) is 6.35. The van der Waals surface area contributed by atoms with Gasteiger partial charge in [-0.25, -0.2) is 8.42 Å². The van der Waals surface area contributed by atoms with Gasteiger partial charge in [0.25, 0.3) is 0 Å². The zero-order chi connectivity index (χ0) is 20.3. The topological polar surface area (TPSA) is 79.4 Å². The number of aryl methyl sites for hydroxylation is 1. The van der Waals surface area contributed by atoms with Crippen molar-refractivity contribution in [1.82, 2.24) is 14.6 Å². The first-order valence-corrected chi connectivity index (χ1v) is 11.4. The molecule has 3 rings (SSSR count). The molecule has 0 aliphatic carbocycles. The van der Waals surface area contributed by atoms with E-state index in [1.165, 1.54) is 4.31 Å². The van der Waals surface area contributed by atoms with Crippen molar-refractivity contribution in [3.05, 3.63) is 36.0 Å². The Labute approximate surface area is 167 Å².